The Kier molecular flexibility index (Phi) is 3.76. The fourth-order valence-corrected chi connectivity index (χ4v) is 2.50. The Hall–Kier alpha value is -2.48. The molecule has 0 saturated heterocycles. The molecule has 22 heavy (non-hydrogen) atoms. The normalized spacial score (nSPS) is 10.8. The van der Waals surface area contributed by atoms with Crippen molar-refractivity contribution in [3.05, 3.63) is 56.4 Å². The van der Waals surface area contributed by atoms with E-state index in [9.17, 15) is 10.1 Å². The minimum Gasteiger partial charge on any atom is -0.357 e. The third-order valence-electron chi connectivity index (χ3n) is 3.22. The fourth-order valence-electron chi connectivity index (χ4n) is 2.18. The summed E-state index contributed by atoms with van der Waals surface area (Å²) in [6.07, 6.45) is 1.51. The molecule has 0 aliphatic heterocycles. The first-order valence-electron chi connectivity index (χ1n) is 6.52. The lowest BCUT2D eigenvalue weighted by Crippen LogP contribution is -2.05. The standard InChI is InChI=1S/C14H12BrN5O2/c1-8-3-2-4-10-13(8)19-12(18-10)7-17-14-11(20(21)22)5-9(15)6-16-14/h2-6H,7H2,1H3,(H,16,17)(H,18,19). The Balaban J connectivity index is 1.85. The zero-order chi connectivity index (χ0) is 15.7. The SMILES string of the molecule is Cc1cccc2[nH]c(CNc3ncc(Br)cc3[N+](=O)[O-])nc12. The van der Waals surface area contributed by atoms with Gasteiger partial charge in [0.15, 0.2) is 0 Å². The molecule has 8 heteroatoms. The molecule has 0 amide bonds. The van der Waals surface area contributed by atoms with Gasteiger partial charge in [0, 0.05) is 16.7 Å². The number of imidazole rings is 1. The number of benzene rings is 1. The number of nitrogens with one attached hydrogen (secondary N) is 2. The second-order valence-electron chi connectivity index (χ2n) is 4.79. The first-order chi connectivity index (χ1) is 10.5. The molecule has 2 N–H and O–H groups in total. The summed E-state index contributed by atoms with van der Waals surface area (Å²) in [5.41, 5.74) is 2.84. The molecular formula is C14H12BrN5O2. The Morgan fingerprint density at radius 1 is 1.45 bits per heavy atom. The maximum Gasteiger partial charge on any atom is 0.312 e. The third kappa shape index (κ3) is 2.77. The molecule has 2 heterocycles. The average Bonchev–Trinajstić information content (AvgIpc) is 2.90. The van der Waals surface area contributed by atoms with Crippen molar-refractivity contribution in [3.8, 4) is 0 Å². The highest BCUT2D eigenvalue weighted by Crippen LogP contribution is 2.25. The summed E-state index contributed by atoms with van der Waals surface area (Å²) in [5, 5.41) is 14.0. The van der Waals surface area contributed by atoms with Crippen LogP contribution >= 0.6 is 15.9 Å². The number of rotatable bonds is 4. The maximum atomic E-state index is 11.1. The number of aromatic amines is 1. The molecule has 0 atom stereocenters. The molecule has 0 fully saturated rings. The molecule has 0 aliphatic rings. The van der Waals surface area contributed by atoms with E-state index >= 15 is 0 Å². The van der Waals surface area contributed by atoms with E-state index < -0.39 is 4.92 Å². The molecule has 0 unspecified atom stereocenters. The van der Waals surface area contributed by atoms with Gasteiger partial charge in [-0.3, -0.25) is 10.1 Å². The van der Waals surface area contributed by atoms with E-state index in [1.54, 1.807) is 0 Å². The van der Waals surface area contributed by atoms with E-state index in [0.29, 0.717) is 16.8 Å². The van der Waals surface area contributed by atoms with Crippen LogP contribution in [0.15, 0.2) is 34.9 Å². The molecule has 3 aromatic rings. The van der Waals surface area contributed by atoms with Gasteiger partial charge in [-0.05, 0) is 34.5 Å². The minimum absolute atomic E-state index is 0.0818. The zero-order valence-corrected chi connectivity index (χ0v) is 13.2. The van der Waals surface area contributed by atoms with Gasteiger partial charge in [0.1, 0.15) is 5.82 Å². The number of para-hydroxylation sites is 1. The van der Waals surface area contributed by atoms with Crippen LogP contribution in [0.3, 0.4) is 0 Å². The largest absolute Gasteiger partial charge is 0.357 e. The zero-order valence-electron chi connectivity index (χ0n) is 11.6. The summed E-state index contributed by atoms with van der Waals surface area (Å²) in [4.78, 5) is 22.3. The van der Waals surface area contributed by atoms with Gasteiger partial charge < -0.3 is 10.3 Å². The first-order valence-corrected chi connectivity index (χ1v) is 7.32. The van der Waals surface area contributed by atoms with Crippen molar-refractivity contribution in [2.45, 2.75) is 13.5 Å². The number of aromatic nitrogens is 3. The quantitative estimate of drug-likeness (QED) is 0.547. The number of halogens is 1. The van der Waals surface area contributed by atoms with Crippen LogP contribution in [0, 0.1) is 17.0 Å². The highest BCUT2D eigenvalue weighted by atomic mass is 79.9. The van der Waals surface area contributed by atoms with Crippen LogP contribution in [0.5, 0.6) is 0 Å². The number of anilines is 1. The Morgan fingerprint density at radius 3 is 3.00 bits per heavy atom. The number of nitro groups is 1. The smallest absolute Gasteiger partial charge is 0.312 e. The molecule has 0 saturated carbocycles. The van der Waals surface area contributed by atoms with E-state index in [-0.39, 0.29) is 11.5 Å². The van der Waals surface area contributed by atoms with E-state index in [1.165, 1.54) is 12.3 Å². The van der Waals surface area contributed by atoms with Crippen LogP contribution in [0.1, 0.15) is 11.4 Å². The summed E-state index contributed by atoms with van der Waals surface area (Å²) in [6.45, 7) is 2.31. The Labute approximate surface area is 134 Å². The van der Waals surface area contributed by atoms with Crippen molar-refractivity contribution in [3.63, 3.8) is 0 Å². The lowest BCUT2D eigenvalue weighted by Gasteiger charge is -2.04. The van der Waals surface area contributed by atoms with E-state index in [1.807, 2.05) is 25.1 Å². The molecule has 0 bridgehead atoms. The molecule has 0 spiro atoms. The van der Waals surface area contributed by atoms with Gasteiger partial charge in [-0.15, -0.1) is 0 Å². The number of pyridine rings is 1. The highest BCUT2D eigenvalue weighted by molar-refractivity contribution is 9.10. The van der Waals surface area contributed by atoms with E-state index in [2.05, 4.69) is 36.2 Å². The van der Waals surface area contributed by atoms with E-state index in [0.717, 1.165) is 16.6 Å². The van der Waals surface area contributed by atoms with Crippen molar-refractivity contribution >= 4 is 38.5 Å². The molecule has 0 radical (unpaired) electrons. The van der Waals surface area contributed by atoms with Crippen molar-refractivity contribution < 1.29 is 4.92 Å². The van der Waals surface area contributed by atoms with Crippen molar-refractivity contribution in [1.82, 2.24) is 15.0 Å². The second kappa shape index (κ2) is 5.72. The van der Waals surface area contributed by atoms with E-state index in [4.69, 9.17) is 0 Å². The molecule has 1 aromatic carbocycles. The summed E-state index contributed by atoms with van der Waals surface area (Å²) >= 11 is 3.18. The molecule has 0 aliphatic carbocycles. The Morgan fingerprint density at radius 2 is 2.27 bits per heavy atom. The number of aryl methyl sites for hydroxylation is 1. The monoisotopic (exact) mass is 361 g/mol. The van der Waals surface area contributed by atoms with Crippen LogP contribution in [0.25, 0.3) is 11.0 Å². The Bertz CT molecular complexity index is 862. The van der Waals surface area contributed by atoms with Crippen LogP contribution in [-0.2, 0) is 6.54 Å². The van der Waals surface area contributed by atoms with Crippen LogP contribution in [0.4, 0.5) is 11.5 Å². The fraction of sp³-hybridized carbons (Fsp3) is 0.143. The lowest BCUT2D eigenvalue weighted by molar-refractivity contribution is -0.384. The molecule has 112 valence electrons. The van der Waals surface area contributed by atoms with Crippen molar-refractivity contribution in [2.75, 3.05) is 5.32 Å². The number of hydrogen-bond donors (Lipinski definition) is 2. The van der Waals surface area contributed by atoms with Gasteiger partial charge in [0.2, 0.25) is 5.82 Å². The first kappa shape index (κ1) is 14.5. The summed E-state index contributed by atoms with van der Waals surface area (Å²) in [5.74, 6) is 0.911. The number of nitrogens with zero attached hydrogens (tertiary/aromatic N) is 3. The summed E-state index contributed by atoms with van der Waals surface area (Å²) < 4.78 is 0.559. The van der Waals surface area contributed by atoms with Gasteiger partial charge in [-0.25, -0.2) is 9.97 Å². The minimum atomic E-state index is -0.469. The molecule has 7 nitrogen and oxygen atoms in total. The number of hydrogen-bond acceptors (Lipinski definition) is 5. The summed E-state index contributed by atoms with van der Waals surface area (Å²) in [7, 11) is 0. The van der Waals surface area contributed by atoms with Gasteiger partial charge >= 0.3 is 5.69 Å². The predicted octanol–water partition coefficient (Wildman–Crippen LogP) is 3.55. The average molecular weight is 362 g/mol. The predicted molar refractivity (Wildman–Crippen MR) is 86.7 cm³/mol. The summed E-state index contributed by atoms with van der Waals surface area (Å²) in [6, 6.07) is 7.30. The number of fused-ring (bicyclic) bond motifs is 1. The van der Waals surface area contributed by atoms with Crippen molar-refractivity contribution in [1.29, 1.82) is 0 Å². The third-order valence-corrected chi connectivity index (χ3v) is 3.65. The molecule has 3 rings (SSSR count). The topological polar surface area (TPSA) is 96.7 Å². The highest BCUT2D eigenvalue weighted by Gasteiger charge is 2.16. The molecule has 2 aromatic heterocycles. The van der Waals surface area contributed by atoms with Gasteiger partial charge in [0.05, 0.1) is 22.5 Å². The van der Waals surface area contributed by atoms with Gasteiger partial charge in [0.25, 0.3) is 0 Å². The van der Waals surface area contributed by atoms with Gasteiger partial charge in [-0.2, -0.15) is 0 Å². The van der Waals surface area contributed by atoms with Gasteiger partial charge in [-0.1, -0.05) is 12.1 Å². The molecular weight excluding hydrogens is 350 g/mol. The number of H-pyrrole nitrogens is 1. The maximum absolute atomic E-state index is 11.1. The van der Waals surface area contributed by atoms with Crippen molar-refractivity contribution in [2.24, 2.45) is 0 Å². The lowest BCUT2D eigenvalue weighted by atomic mass is 10.2. The second-order valence-corrected chi connectivity index (χ2v) is 5.70. The van der Waals surface area contributed by atoms with Crippen LogP contribution in [0.2, 0.25) is 0 Å². The van der Waals surface area contributed by atoms with Crippen LogP contribution < -0.4 is 5.32 Å². The van der Waals surface area contributed by atoms with Crippen LogP contribution in [-0.4, -0.2) is 19.9 Å².